The first-order valence-electron chi connectivity index (χ1n) is 6.77. The molecular weight excluding hydrogens is 302 g/mol. The fourth-order valence-electron chi connectivity index (χ4n) is 2.37. The summed E-state index contributed by atoms with van der Waals surface area (Å²) in [5.41, 5.74) is 4.25. The Morgan fingerprint density at radius 2 is 2.05 bits per heavy atom. The monoisotopic (exact) mass is 315 g/mol. The van der Waals surface area contributed by atoms with Gasteiger partial charge in [-0.3, -0.25) is 9.36 Å². The summed E-state index contributed by atoms with van der Waals surface area (Å²) in [6.45, 7) is 3.84. The van der Waals surface area contributed by atoms with Crippen LogP contribution in [-0.4, -0.2) is 25.6 Å². The molecule has 0 aliphatic heterocycles. The van der Waals surface area contributed by atoms with Crippen molar-refractivity contribution in [3.63, 3.8) is 0 Å². The summed E-state index contributed by atoms with van der Waals surface area (Å²) >= 11 is 5.95. The summed E-state index contributed by atoms with van der Waals surface area (Å²) in [6.07, 6.45) is 1.49. The van der Waals surface area contributed by atoms with E-state index in [-0.39, 0.29) is 6.54 Å². The summed E-state index contributed by atoms with van der Waals surface area (Å²) in [6, 6.07) is 7.61. The zero-order chi connectivity index (χ0) is 15.9. The van der Waals surface area contributed by atoms with Gasteiger partial charge in [-0.05, 0) is 37.1 Å². The average Bonchev–Trinajstić information content (AvgIpc) is 2.79. The van der Waals surface area contributed by atoms with E-state index in [0.717, 1.165) is 11.1 Å². The second-order valence-electron chi connectivity index (χ2n) is 5.21. The van der Waals surface area contributed by atoms with Crippen molar-refractivity contribution in [2.45, 2.75) is 20.4 Å². The number of nitrogens with zero attached hydrogens (tertiary/aromatic N) is 3. The van der Waals surface area contributed by atoms with Gasteiger partial charge in [0.15, 0.2) is 5.65 Å². The quantitative estimate of drug-likeness (QED) is 0.803. The van der Waals surface area contributed by atoms with Crippen LogP contribution in [0.25, 0.3) is 22.6 Å². The Morgan fingerprint density at radius 1 is 1.27 bits per heavy atom. The van der Waals surface area contributed by atoms with Crippen LogP contribution in [0.3, 0.4) is 0 Å². The highest BCUT2D eigenvalue weighted by Gasteiger charge is 2.16. The van der Waals surface area contributed by atoms with Gasteiger partial charge in [-0.2, -0.15) is 0 Å². The number of benzene rings is 1. The molecule has 0 amide bonds. The molecule has 1 aromatic carbocycles. The Balaban J connectivity index is 2.26. The molecule has 0 aliphatic carbocycles. The molecule has 1 N–H and O–H groups in total. The molecular formula is C16H14ClN3O2. The predicted molar refractivity (Wildman–Crippen MR) is 85.1 cm³/mol. The van der Waals surface area contributed by atoms with Crippen molar-refractivity contribution in [2.24, 2.45) is 0 Å². The van der Waals surface area contributed by atoms with E-state index in [9.17, 15) is 4.79 Å². The summed E-state index contributed by atoms with van der Waals surface area (Å²) in [5.74, 6) is -0.364. The lowest BCUT2D eigenvalue weighted by Gasteiger charge is -2.08. The number of imidazole rings is 1. The van der Waals surface area contributed by atoms with E-state index in [4.69, 9.17) is 16.7 Å². The molecule has 2 heterocycles. The van der Waals surface area contributed by atoms with Crippen molar-refractivity contribution in [1.82, 2.24) is 14.5 Å². The van der Waals surface area contributed by atoms with Crippen LogP contribution in [0.2, 0.25) is 5.02 Å². The van der Waals surface area contributed by atoms with Gasteiger partial charge in [-0.25, -0.2) is 9.97 Å². The lowest BCUT2D eigenvalue weighted by atomic mass is 10.1. The minimum absolute atomic E-state index is 0.201. The normalized spacial score (nSPS) is 11.0. The number of hydrogen-bond donors (Lipinski definition) is 1. The Morgan fingerprint density at radius 3 is 2.73 bits per heavy atom. The summed E-state index contributed by atoms with van der Waals surface area (Å²) < 4.78 is 1.60. The maximum Gasteiger partial charge on any atom is 0.323 e. The van der Waals surface area contributed by atoms with Crippen molar-refractivity contribution in [3.8, 4) is 11.4 Å². The maximum absolute atomic E-state index is 11.2. The molecule has 112 valence electrons. The zero-order valence-electron chi connectivity index (χ0n) is 12.2. The summed E-state index contributed by atoms with van der Waals surface area (Å²) in [5, 5.41) is 9.64. The summed E-state index contributed by atoms with van der Waals surface area (Å²) in [4.78, 5) is 19.9. The lowest BCUT2D eigenvalue weighted by molar-refractivity contribution is -0.137. The van der Waals surface area contributed by atoms with Gasteiger partial charge in [0.2, 0.25) is 0 Å². The lowest BCUT2D eigenvalue weighted by Crippen LogP contribution is -2.10. The van der Waals surface area contributed by atoms with Crippen LogP contribution < -0.4 is 0 Å². The van der Waals surface area contributed by atoms with E-state index in [1.54, 1.807) is 10.6 Å². The number of hydrogen-bond acceptors (Lipinski definition) is 3. The molecule has 6 heteroatoms. The SMILES string of the molecule is Cc1ccc(-c2nc3cc(Cl)cnc3n2CC(=O)O)cc1C. The molecule has 0 fully saturated rings. The van der Waals surface area contributed by atoms with Gasteiger partial charge in [-0.15, -0.1) is 0 Å². The highest BCUT2D eigenvalue weighted by molar-refractivity contribution is 6.31. The first-order valence-corrected chi connectivity index (χ1v) is 7.14. The first kappa shape index (κ1) is 14.5. The van der Waals surface area contributed by atoms with Crippen LogP contribution in [0.5, 0.6) is 0 Å². The number of aliphatic carboxylic acids is 1. The van der Waals surface area contributed by atoms with Crippen molar-refractivity contribution in [1.29, 1.82) is 0 Å². The van der Waals surface area contributed by atoms with Gasteiger partial charge in [0, 0.05) is 11.8 Å². The standard InChI is InChI=1S/C16H14ClN3O2/c1-9-3-4-11(5-10(9)2)15-19-13-6-12(17)7-18-16(13)20(15)8-14(21)22/h3-7H,8H2,1-2H3,(H,21,22). The average molecular weight is 316 g/mol. The van der Waals surface area contributed by atoms with Crippen molar-refractivity contribution in [3.05, 3.63) is 46.6 Å². The number of aromatic nitrogens is 3. The second kappa shape index (κ2) is 5.42. The van der Waals surface area contributed by atoms with Crippen molar-refractivity contribution < 1.29 is 9.90 Å². The molecule has 0 saturated carbocycles. The van der Waals surface area contributed by atoms with Crippen LogP contribution in [0.15, 0.2) is 30.5 Å². The Kier molecular flexibility index (Phi) is 3.58. The van der Waals surface area contributed by atoms with Crippen LogP contribution in [0.1, 0.15) is 11.1 Å². The zero-order valence-corrected chi connectivity index (χ0v) is 12.9. The smallest absolute Gasteiger partial charge is 0.323 e. The summed E-state index contributed by atoms with van der Waals surface area (Å²) in [7, 11) is 0. The van der Waals surface area contributed by atoms with Crippen LogP contribution in [0, 0.1) is 13.8 Å². The van der Waals surface area contributed by atoms with E-state index in [1.807, 2.05) is 32.0 Å². The van der Waals surface area contributed by atoms with Gasteiger partial charge in [-0.1, -0.05) is 23.7 Å². The Hall–Kier alpha value is -2.40. The van der Waals surface area contributed by atoms with E-state index in [0.29, 0.717) is 22.0 Å². The number of carboxylic acids is 1. The molecule has 2 aromatic heterocycles. The highest BCUT2D eigenvalue weighted by atomic mass is 35.5. The van der Waals surface area contributed by atoms with Crippen molar-refractivity contribution in [2.75, 3.05) is 0 Å². The molecule has 0 aliphatic rings. The van der Waals surface area contributed by atoms with Crippen LogP contribution in [0.4, 0.5) is 0 Å². The number of aryl methyl sites for hydroxylation is 2. The maximum atomic E-state index is 11.2. The van der Waals surface area contributed by atoms with Gasteiger partial charge in [0.25, 0.3) is 0 Å². The Labute approximate surface area is 132 Å². The molecule has 0 bridgehead atoms. The minimum Gasteiger partial charge on any atom is -0.480 e. The fraction of sp³-hybridized carbons (Fsp3) is 0.188. The number of carbonyl (C=O) groups is 1. The third-order valence-corrected chi connectivity index (χ3v) is 3.82. The number of carboxylic acid groups (broad SMARTS) is 1. The number of rotatable bonds is 3. The second-order valence-corrected chi connectivity index (χ2v) is 5.65. The van der Waals surface area contributed by atoms with E-state index >= 15 is 0 Å². The molecule has 0 radical (unpaired) electrons. The molecule has 5 nitrogen and oxygen atoms in total. The molecule has 22 heavy (non-hydrogen) atoms. The molecule has 0 unspecified atom stereocenters. The largest absolute Gasteiger partial charge is 0.480 e. The first-order chi connectivity index (χ1) is 10.5. The van der Waals surface area contributed by atoms with Gasteiger partial charge < -0.3 is 5.11 Å². The third-order valence-electron chi connectivity index (χ3n) is 3.61. The molecule has 0 spiro atoms. The van der Waals surface area contributed by atoms with Gasteiger partial charge in [0.1, 0.15) is 17.9 Å². The Bertz CT molecular complexity index is 886. The van der Waals surface area contributed by atoms with Crippen LogP contribution in [-0.2, 0) is 11.3 Å². The van der Waals surface area contributed by atoms with Crippen molar-refractivity contribution >= 4 is 28.7 Å². The third kappa shape index (κ3) is 2.55. The highest BCUT2D eigenvalue weighted by Crippen LogP contribution is 2.26. The molecule has 0 atom stereocenters. The topological polar surface area (TPSA) is 68.0 Å². The molecule has 3 aromatic rings. The number of fused-ring (bicyclic) bond motifs is 1. The number of pyridine rings is 1. The van der Waals surface area contributed by atoms with E-state index in [1.165, 1.54) is 11.8 Å². The van der Waals surface area contributed by atoms with E-state index < -0.39 is 5.97 Å². The van der Waals surface area contributed by atoms with Crippen LogP contribution >= 0.6 is 11.6 Å². The number of halogens is 1. The van der Waals surface area contributed by atoms with E-state index in [2.05, 4.69) is 9.97 Å². The predicted octanol–water partition coefficient (Wildman–Crippen LogP) is 3.45. The van der Waals surface area contributed by atoms with Gasteiger partial charge >= 0.3 is 5.97 Å². The fourth-order valence-corrected chi connectivity index (χ4v) is 2.52. The van der Waals surface area contributed by atoms with Gasteiger partial charge in [0.05, 0.1) is 5.02 Å². The minimum atomic E-state index is -0.943. The molecule has 3 rings (SSSR count). The molecule has 0 saturated heterocycles.